The van der Waals surface area contributed by atoms with Crippen molar-refractivity contribution in [3.63, 3.8) is 0 Å². The van der Waals surface area contributed by atoms with Crippen molar-refractivity contribution in [3.8, 4) is 75.1 Å². The van der Waals surface area contributed by atoms with Gasteiger partial charge in [0.1, 0.15) is 0 Å². The van der Waals surface area contributed by atoms with E-state index in [1.807, 2.05) is 94.1 Å². The maximum absolute atomic E-state index is 15.7. The van der Waals surface area contributed by atoms with Crippen molar-refractivity contribution in [2.75, 3.05) is 0 Å². The van der Waals surface area contributed by atoms with Crippen LogP contribution in [-0.2, 0) is 6.18 Å². The highest BCUT2D eigenvalue weighted by atomic mass is 19.4. The van der Waals surface area contributed by atoms with Crippen LogP contribution in [0.4, 0.5) is 13.2 Å². The molecule has 2 aromatic heterocycles. The number of hydrogen-bond acceptors (Lipinski definition) is 5. The topological polar surface area (TPSA) is 129 Å². The number of para-hydroxylation sites is 2. The molecule has 0 aliphatic rings. The van der Waals surface area contributed by atoms with Crippen molar-refractivity contribution in [1.82, 2.24) is 9.13 Å². The number of halogens is 3. The third kappa shape index (κ3) is 6.09. The highest BCUT2D eigenvalue weighted by Gasteiger charge is 2.36. The minimum atomic E-state index is -4.82. The lowest BCUT2D eigenvalue weighted by molar-refractivity contribution is -0.137. The van der Waals surface area contributed by atoms with Gasteiger partial charge in [-0.15, -0.1) is 0 Å². The molecule has 7 nitrogen and oxygen atoms in total. The van der Waals surface area contributed by atoms with Gasteiger partial charge in [0.2, 0.25) is 0 Å². The number of benzene rings is 8. The van der Waals surface area contributed by atoms with Gasteiger partial charge in [0.05, 0.1) is 97.2 Å². The van der Waals surface area contributed by atoms with Crippen molar-refractivity contribution in [1.29, 1.82) is 26.3 Å². The van der Waals surface area contributed by atoms with Crippen LogP contribution in [0.5, 0.6) is 0 Å². The Hall–Kier alpha value is -9.40. The van der Waals surface area contributed by atoms with Crippen LogP contribution in [0.3, 0.4) is 0 Å². The molecule has 0 fully saturated rings. The third-order valence-electron chi connectivity index (χ3n) is 11.7. The summed E-state index contributed by atoms with van der Waals surface area (Å²) in [7, 11) is 0. The van der Waals surface area contributed by atoms with Crippen LogP contribution in [0.15, 0.2) is 158 Å². The van der Waals surface area contributed by atoms with E-state index in [1.54, 1.807) is 42.5 Å². The van der Waals surface area contributed by atoms with E-state index in [2.05, 4.69) is 30.3 Å². The Balaban J connectivity index is 1.26. The van der Waals surface area contributed by atoms with Gasteiger partial charge in [-0.3, -0.25) is 0 Å². The zero-order chi connectivity index (χ0) is 44.3. The van der Waals surface area contributed by atoms with Crippen molar-refractivity contribution < 1.29 is 13.2 Å². The molecule has 10 heteroatoms. The largest absolute Gasteiger partial charge is 0.417 e. The summed E-state index contributed by atoms with van der Waals surface area (Å²) in [6.07, 6.45) is -4.82. The van der Waals surface area contributed by atoms with Crippen molar-refractivity contribution in [3.05, 3.63) is 191 Å². The van der Waals surface area contributed by atoms with Crippen molar-refractivity contribution >= 4 is 43.6 Å². The van der Waals surface area contributed by atoms with E-state index in [0.29, 0.717) is 66.7 Å². The molecule has 64 heavy (non-hydrogen) atoms. The molecule has 0 unspecified atom stereocenters. The van der Waals surface area contributed by atoms with Gasteiger partial charge in [-0.05, 0) is 113 Å². The van der Waals surface area contributed by atoms with Crippen LogP contribution in [0.2, 0.25) is 0 Å². The van der Waals surface area contributed by atoms with E-state index in [1.165, 1.54) is 24.3 Å². The summed E-state index contributed by atoms with van der Waals surface area (Å²) in [5.41, 5.74) is 6.57. The molecule has 2 heterocycles. The molecule has 0 atom stereocenters. The molecule has 0 saturated carbocycles. The number of aromatic nitrogens is 2. The Morgan fingerprint density at radius 3 is 1.34 bits per heavy atom. The molecule has 8 aromatic carbocycles. The Bertz CT molecular complexity index is 3850. The van der Waals surface area contributed by atoms with Crippen LogP contribution < -0.4 is 0 Å². The second kappa shape index (κ2) is 14.9. The first-order valence-electron chi connectivity index (χ1n) is 19.9. The van der Waals surface area contributed by atoms with Crippen LogP contribution in [0.1, 0.15) is 33.4 Å². The van der Waals surface area contributed by atoms with Gasteiger partial charge in [0, 0.05) is 32.7 Å². The average Bonchev–Trinajstić information content (AvgIpc) is 3.84. The maximum atomic E-state index is 15.7. The summed E-state index contributed by atoms with van der Waals surface area (Å²) >= 11 is 0. The fraction of sp³-hybridized carbons (Fsp3) is 0.0185. The van der Waals surface area contributed by atoms with E-state index < -0.39 is 11.7 Å². The SMILES string of the molecule is N#Cc1ccc(-c2ccc3c(c2)c2ccccc2n3-c2ccc(C#N)cc2-c2c(-n3c4ccccc4c4cc(-c5ccc(C#N)cc5C#N)ccc43)cccc2C(F)(F)F)c(C#N)c1. The molecule has 0 saturated heterocycles. The predicted molar refractivity (Wildman–Crippen MR) is 240 cm³/mol. The smallest absolute Gasteiger partial charge is 0.309 e. The lowest BCUT2D eigenvalue weighted by Gasteiger charge is -2.22. The second-order valence-electron chi connectivity index (χ2n) is 15.2. The Labute approximate surface area is 363 Å². The summed E-state index contributed by atoms with van der Waals surface area (Å²) in [6, 6.07) is 55.6. The summed E-state index contributed by atoms with van der Waals surface area (Å²) < 4.78 is 50.7. The fourth-order valence-corrected chi connectivity index (χ4v) is 8.96. The lowest BCUT2D eigenvalue weighted by atomic mass is 9.93. The zero-order valence-corrected chi connectivity index (χ0v) is 33.3. The summed E-state index contributed by atoms with van der Waals surface area (Å²) in [5.74, 6) is 0. The highest BCUT2D eigenvalue weighted by Crippen LogP contribution is 2.47. The molecule has 0 N–H and O–H groups in total. The maximum Gasteiger partial charge on any atom is 0.417 e. The van der Waals surface area contributed by atoms with Gasteiger partial charge in [0.25, 0.3) is 0 Å². The molecular weight excluding hydrogens is 804 g/mol. The monoisotopic (exact) mass is 829 g/mol. The van der Waals surface area contributed by atoms with E-state index >= 15 is 13.2 Å². The summed E-state index contributed by atoms with van der Waals surface area (Å²) in [5, 5.41) is 52.3. The van der Waals surface area contributed by atoms with Gasteiger partial charge < -0.3 is 9.13 Å². The number of rotatable bonds is 5. The molecule has 298 valence electrons. The number of fused-ring (bicyclic) bond motifs is 6. The van der Waals surface area contributed by atoms with Crippen LogP contribution in [-0.4, -0.2) is 9.13 Å². The summed E-state index contributed by atoms with van der Waals surface area (Å²) in [6.45, 7) is 0. The number of nitriles is 5. The minimum Gasteiger partial charge on any atom is -0.309 e. The number of hydrogen-bond donors (Lipinski definition) is 0. The van der Waals surface area contributed by atoms with Gasteiger partial charge >= 0.3 is 6.18 Å². The number of alkyl halides is 3. The highest BCUT2D eigenvalue weighted by molar-refractivity contribution is 6.13. The van der Waals surface area contributed by atoms with E-state index in [0.717, 1.165) is 33.2 Å². The van der Waals surface area contributed by atoms with Gasteiger partial charge in [0.15, 0.2) is 0 Å². The molecule has 0 amide bonds. The molecule has 10 rings (SSSR count). The molecule has 0 spiro atoms. The molecule has 0 aliphatic heterocycles. The first-order valence-corrected chi connectivity index (χ1v) is 19.9. The van der Waals surface area contributed by atoms with E-state index in [-0.39, 0.29) is 22.4 Å². The third-order valence-corrected chi connectivity index (χ3v) is 11.7. The van der Waals surface area contributed by atoms with Crippen LogP contribution in [0.25, 0.3) is 88.4 Å². The van der Waals surface area contributed by atoms with E-state index in [9.17, 15) is 26.3 Å². The van der Waals surface area contributed by atoms with Gasteiger partial charge in [-0.1, -0.05) is 66.7 Å². The zero-order valence-electron chi connectivity index (χ0n) is 33.3. The summed E-state index contributed by atoms with van der Waals surface area (Å²) in [4.78, 5) is 0. The predicted octanol–water partition coefficient (Wildman–Crippen LogP) is 13.3. The molecule has 0 radical (unpaired) electrons. The Morgan fingerprint density at radius 1 is 0.375 bits per heavy atom. The Kier molecular flexibility index (Phi) is 9.06. The Morgan fingerprint density at radius 2 is 0.844 bits per heavy atom. The van der Waals surface area contributed by atoms with Crippen LogP contribution >= 0.6 is 0 Å². The quantitative estimate of drug-likeness (QED) is 0.171. The van der Waals surface area contributed by atoms with Crippen LogP contribution in [0, 0.1) is 56.7 Å². The molecular formula is C54H26F3N7. The second-order valence-corrected chi connectivity index (χ2v) is 15.2. The lowest BCUT2D eigenvalue weighted by Crippen LogP contribution is -2.11. The fourth-order valence-electron chi connectivity index (χ4n) is 8.96. The van der Waals surface area contributed by atoms with Crippen molar-refractivity contribution in [2.45, 2.75) is 6.18 Å². The first-order chi connectivity index (χ1) is 31.1. The number of nitrogens with zero attached hydrogens (tertiary/aromatic N) is 7. The molecule has 0 aliphatic carbocycles. The van der Waals surface area contributed by atoms with E-state index in [4.69, 9.17) is 0 Å². The van der Waals surface area contributed by atoms with Crippen molar-refractivity contribution in [2.24, 2.45) is 0 Å². The molecule has 10 aromatic rings. The standard InChI is InChI=1S/C54H26F3N7/c55-54(56,57)46-8-5-11-52(64-48-10-4-2-7-42(48)44-26-36(16-21-50(44)64)40-18-13-33(28-59)23-38(40)31-62)53(46)45-24-34(29-60)14-19-51(45)63-47-9-3-1-6-41(47)43-25-35(15-20-49(43)63)39-17-12-32(27-58)22-37(39)30-61/h1-26H. The first kappa shape index (κ1) is 38.8. The normalized spacial score (nSPS) is 11.3. The average molecular weight is 830 g/mol. The van der Waals surface area contributed by atoms with Gasteiger partial charge in [-0.2, -0.15) is 39.5 Å². The van der Waals surface area contributed by atoms with Gasteiger partial charge in [-0.25, -0.2) is 0 Å². The minimum absolute atomic E-state index is 0.133. The molecule has 0 bridgehead atoms.